The Kier molecular flexibility index (Phi) is 7.07. The molecule has 0 atom stereocenters. The second-order valence-corrected chi connectivity index (χ2v) is 7.89. The molecule has 7 nitrogen and oxygen atoms in total. The van der Waals surface area contributed by atoms with Crippen molar-refractivity contribution >= 4 is 35.3 Å². The smallest absolute Gasteiger partial charge is 0.321 e. The Morgan fingerprint density at radius 1 is 1.13 bits per heavy atom. The van der Waals surface area contributed by atoms with Crippen LogP contribution in [0.3, 0.4) is 0 Å². The van der Waals surface area contributed by atoms with Gasteiger partial charge < -0.3 is 5.32 Å². The number of thioether (sulfide) groups is 1. The van der Waals surface area contributed by atoms with Crippen LogP contribution in [-0.4, -0.2) is 38.5 Å². The number of nitrogens with zero attached hydrogens (tertiary/aromatic N) is 3. The third kappa shape index (κ3) is 5.17. The molecule has 0 aliphatic carbocycles. The number of carbonyl (C=O) groups excluding carboxylic acids is 2. The molecule has 1 aromatic heterocycles. The van der Waals surface area contributed by atoms with Crippen molar-refractivity contribution < 1.29 is 14.0 Å². The zero-order valence-corrected chi connectivity index (χ0v) is 17.8. The number of hydrogen-bond acceptors (Lipinski definition) is 5. The van der Waals surface area contributed by atoms with Gasteiger partial charge in [-0.25, -0.2) is 9.18 Å². The second-order valence-electron chi connectivity index (χ2n) is 6.54. The van der Waals surface area contributed by atoms with Gasteiger partial charge in [-0.3, -0.25) is 14.7 Å². The van der Waals surface area contributed by atoms with Crippen LogP contribution in [-0.2, 0) is 4.79 Å². The zero-order valence-electron chi connectivity index (χ0n) is 16.2. The second kappa shape index (κ2) is 9.73. The summed E-state index contributed by atoms with van der Waals surface area (Å²) in [5.41, 5.74) is 0.792. The number of carbonyl (C=O) groups is 2. The van der Waals surface area contributed by atoms with Crippen molar-refractivity contribution in [1.29, 1.82) is 0 Å². The molecule has 0 saturated carbocycles. The molecule has 0 fully saturated rings. The monoisotopic (exact) mass is 447 g/mol. The Labute approximate surface area is 182 Å². The molecule has 0 unspecified atom stereocenters. The van der Waals surface area contributed by atoms with E-state index in [1.54, 1.807) is 56.3 Å². The van der Waals surface area contributed by atoms with Gasteiger partial charge in [0.05, 0.1) is 16.5 Å². The lowest BCUT2D eigenvalue weighted by atomic mass is 10.2. The molecule has 10 heteroatoms. The van der Waals surface area contributed by atoms with Gasteiger partial charge in [0.15, 0.2) is 11.0 Å². The van der Waals surface area contributed by atoms with E-state index in [9.17, 15) is 14.0 Å². The topological polar surface area (TPSA) is 88.9 Å². The Hall–Kier alpha value is -2.91. The summed E-state index contributed by atoms with van der Waals surface area (Å²) in [6, 6.07) is 12.5. The lowest BCUT2D eigenvalue weighted by Gasteiger charge is -2.12. The molecule has 30 heavy (non-hydrogen) atoms. The molecular weight excluding hydrogens is 429 g/mol. The van der Waals surface area contributed by atoms with E-state index in [0.29, 0.717) is 16.4 Å². The van der Waals surface area contributed by atoms with E-state index in [-0.39, 0.29) is 22.6 Å². The molecule has 0 aliphatic rings. The van der Waals surface area contributed by atoms with E-state index in [0.717, 1.165) is 11.8 Å². The normalized spacial score (nSPS) is 10.8. The number of imide groups is 1. The Morgan fingerprint density at radius 3 is 2.53 bits per heavy atom. The maximum absolute atomic E-state index is 14.6. The van der Waals surface area contributed by atoms with Crippen molar-refractivity contribution in [2.24, 2.45) is 0 Å². The van der Waals surface area contributed by atoms with Crippen LogP contribution >= 0.6 is 23.4 Å². The minimum absolute atomic E-state index is 0.104. The standard InChI is InChI=1S/C20H19ClFN5O2S/c1-12(2)23-19(29)24-17(28)11-30-20-26-25-18(13-7-3-4-8-14(13)21)27(20)16-10-6-5-9-15(16)22/h3-10,12H,11H2,1-2H3,(H2,23,24,28,29). The summed E-state index contributed by atoms with van der Waals surface area (Å²) in [6.45, 7) is 3.57. The lowest BCUT2D eigenvalue weighted by Crippen LogP contribution is -2.43. The van der Waals surface area contributed by atoms with Gasteiger partial charge in [0, 0.05) is 11.6 Å². The number of halogens is 2. The fraction of sp³-hybridized carbons (Fsp3) is 0.200. The lowest BCUT2D eigenvalue weighted by molar-refractivity contribution is -0.117. The molecule has 2 N–H and O–H groups in total. The maximum Gasteiger partial charge on any atom is 0.321 e. The van der Waals surface area contributed by atoms with Crippen molar-refractivity contribution in [2.75, 3.05) is 5.75 Å². The van der Waals surface area contributed by atoms with E-state index in [2.05, 4.69) is 20.8 Å². The Bertz CT molecular complexity index is 1070. The largest absolute Gasteiger partial charge is 0.336 e. The molecule has 3 aromatic rings. The number of nitrogens with one attached hydrogen (secondary N) is 2. The van der Waals surface area contributed by atoms with Crippen LogP contribution in [0.4, 0.5) is 9.18 Å². The van der Waals surface area contributed by atoms with Crippen molar-refractivity contribution in [3.05, 3.63) is 59.4 Å². The van der Waals surface area contributed by atoms with Gasteiger partial charge in [-0.05, 0) is 38.1 Å². The number of urea groups is 1. The molecule has 0 saturated heterocycles. The first-order chi connectivity index (χ1) is 14.4. The number of hydrogen-bond donors (Lipinski definition) is 2. The molecule has 0 aliphatic heterocycles. The average molecular weight is 448 g/mol. The third-order valence-electron chi connectivity index (χ3n) is 3.85. The van der Waals surface area contributed by atoms with Gasteiger partial charge in [-0.15, -0.1) is 10.2 Å². The van der Waals surface area contributed by atoms with Crippen LogP contribution in [0.15, 0.2) is 53.7 Å². The summed E-state index contributed by atoms with van der Waals surface area (Å²) in [5, 5.41) is 13.8. The first kappa shape index (κ1) is 21.8. The van der Waals surface area contributed by atoms with Gasteiger partial charge in [-0.1, -0.05) is 47.6 Å². The molecule has 3 rings (SSSR count). The molecule has 0 spiro atoms. The van der Waals surface area contributed by atoms with E-state index in [4.69, 9.17) is 11.6 Å². The fourth-order valence-corrected chi connectivity index (χ4v) is 3.59. The minimum atomic E-state index is -0.581. The number of para-hydroxylation sites is 1. The van der Waals surface area contributed by atoms with Crippen LogP contribution in [0.2, 0.25) is 5.02 Å². The first-order valence-corrected chi connectivity index (χ1v) is 10.4. The van der Waals surface area contributed by atoms with Crippen LogP contribution in [0.1, 0.15) is 13.8 Å². The van der Waals surface area contributed by atoms with Crippen LogP contribution < -0.4 is 10.6 Å². The van der Waals surface area contributed by atoms with E-state index >= 15 is 0 Å². The minimum Gasteiger partial charge on any atom is -0.336 e. The number of rotatable bonds is 6. The quantitative estimate of drug-likeness (QED) is 0.556. The van der Waals surface area contributed by atoms with Crippen molar-refractivity contribution in [3.63, 3.8) is 0 Å². The third-order valence-corrected chi connectivity index (χ3v) is 5.11. The summed E-state index contributed by atoms with van der Waals surface area (Å²) in [6.07, 6.45) is 0. The summed E-state index contributed by atoms with van der Waals surface area (Å²) >= 11 is 7.33. The number of benzene rings is 2. The summed E-state index contributed by atoms with van der Waals surface area (Å²) in [4.78, 5) is 23.8. The predicted molar refractivity (Wildman–Crippen MR) is 114 cm³/mol. The summed E-state index contributed by atoms with van der Waals surface area (Å²) in [5.74, 6) is -0.763. The maximum atomic E-state index is 14.6. The SMILES string of the molecule is CC(C)NC(=O)NC(=O)CSc1nnc(-c2ccccc2Cl)n1-c1ccccc1F. The van der Waals surface area contributed by atoms with Crippen molar-refractivity contribution in [1.82, 2.24) is 25.4 Å². The fourth-order valence-electron chi connectivity index (χ4n) is 2.62. The molecule has 0 radical (unpaired) electrons. The summed E-state index contributed by atoms with van der Waals surface area (Å²) in [7, 11) is 0. The van der Waals surface area contributed by atoms with Gasteiger partial charge in [-0.2, -0.15) is 0 Å². The highest BCUT2D eigenvalue weighted by atomic mass is 35.5. The van der Waals surface area contributed by atoms with Crippen LogP contribution in [0.25, 0.3) is 17.1 Å². The number of aromatic nitrogens is 3. The van der Waals surface area contributed by atoms with Gasteiger partial charge in [0.1, 0.15) is 5.82 Å². The van der Waals surface area contributed by atoms with Crippen LogP contribution in [0, 0.1) is 5.82 Å². The molecule has 0 bridgehead atoms. The van der Waals surface area contributed by atoms with Crippen molar-refractivity contribution in [2.45, 2.75) is 25.0 Å². The average Bonchev–Trinajstić information content (AvgIpc) is 3.10. The van der Waals surface area contributed by atoms with E-state index < -0.39 is 17.8 Å². The highest BCUT2D eigenvalue weighted by molar-refractivity contribution is 7.99. The molecule has 3 amide bonds. The summed E-state index contributed by atoms with van der Waals surface area (Å²) < 4.78 is 16.1. The predicted octanol–water partition coefficient (Wildman–Crippen LogP) is 4.05. The highest BCUT2D eigenvalue weighted by Gasteiger charge is 2.21. The zero-order chi connectivity index (χ0) is 21.7. The van der Waals surface area contributed by atoms with E-state index in [1.807, 2.05) is 0 Å². The highest BCUT2D eigenvalue weighted by Crippen LogP contribution is 2.32. The van der Waals surface area contributed by atoms with Crippen molar-refractivity contribution in [3.8, 4) is 17.1 Å². The van der Waals surface area contributed by atoms with Gasteiger partial charge in [0.2, 0.25) is 5.91 Å². The molecule has 1 heterocycles. The molecule has 156 valence electrons. The Morgan fingerprint density at radius 2 is 1.83 bits per heavy atom. The van der Waals surface area contributed by atoms with Crippen LogP contribution in [0.5, 0.6) is 0 Å². The van der Waals surface area contributed by atoms with E-state index in [1.165, 1.54) is 10.6 Å². The van der Waals surface area contributed by atoms with Gasteiger partial charge >= 0.3 is 6.03 Å². The Balaban J connectivity index is 1.90. The number of amides is 3. The van der Waals surface area contributed by atoms with Gasteiger partial charge in [0.25, 0.3) is 0 Å². The molecular formula is C20H19ClFN5O2S. The first-order valence-electron chi connectivity index (χ1n) is 9.05. The molecule has 2 aromatic carbocycles.